The fourth-order valence-corrected chi connectivity index (χ4v) is 4.82. The van der Waals surface area contributed by atoms with E-state index in [1.54, 1.807) is 24.1 Å². The maximum absolute atomic E-state index is 13.2. The van der Waals surface area contributed by atoms with Crippen molar-refractivity contribution >= 4 is 15.9 Å². The van der Waals surface area contributed by atoms with Gasteiger partial charge in [0.25, 0.3) is 5.91 Å². The van der Waals surface area contributed by atoms with E-state index in [0.717, 1.165) is 25.7 Å². The lowest BCUT2D eigenvalue weighted by atomic mass is 10.1. The molecule has 1 amide bonds. The number of ether oxygens (including phenoxy) is 2. The summed E-state index contributed by atoms with van der Waals surface area (Å²) in [6, 6.07) is 16.3. The molecule has 1 atom stereocenters. The summed E-state index contributed by atoms with van der Waals surface area (Å²) < 4.78 is 38.7. The molecule has 1 N–H and O–H groups in total. The van der Waals surface area contributed by atoms with Crippen LogP contribution in [-0.2, 0) is 25.9 Å². The topological polar surface area (TPSA) is 84.9 Å². The predicted molar refractivity (Wildman–Crippen MR) is 123 cm³/mol. The number of methoxy groups -OCH3 is 1. The Hall–Kier alpha value is -2.26. The number of rotatable bonds is 12. The van der Waals surface area contributed by atoms with Gasteiger partial charge in [0.1, 0.15) is 0 Å². The van der Waals surface area contributed by atoms with Crippen LogP contribution >= 0.6 is 0 Å². The molecule has 1 aliphatic heterocycles. The summed E-state index contributed by atoms with van der Waals surface area (Å²) in [5.74, 6) is -0.203. The Morgan fingerprint density at radius 3 is 2.69 bits per heavy atom. The molecule has 0 radical (unpaired) electrons. The standard InChI is InChI=1S/C24H32N2O5S/c1-30-17-15-26(14-6-10-20-8-3-2-4-9-20)24(27)21-11-5-13-23(18-21)32(28,29)25-19-22-12-7-16-31-22/h2-5,8-9,11,13,18,22,25H,6-7,10,12,14-17,19H2,1H3. The van der Waals surface area contributed by atoms with Gasteiger partial charge < -0.3 is 14.4 Å². The maximum atomic E-state index is 13.2. The Morgan fingerprint density at radius 2 is 1.97 bits per heavy atom. The maximum Gasteiger partial charge on any atom is 0.253 e. The molecule has 1 saturated heterocycles. The summed E-state index contributed by atoms with van der Waals surface area (Å²) in [6.07, 6.45) is 3.36. The third-order valence-corrected chi connectivity index (χ3v) is 6.93. The second-order valence-electron chi connectivity index (χ2n) is 7.89. The van der Waals surface area contributed by atoms with Gasteiger partial charge in [-0.25, -0.2) is 13.1 Å². The average Bonchev–Trinajstić information content (AvgIpc) is 3.34. The zero-order valence-corrected chi connectivity index (χ0v) is 19.4. The number of nitrogens with one attached hydrogen (secondary N) is 1. The second kappa shape index (κ2) is 12.1. The largest absolute Gasteiger partial charge is 0.383 e. The molecule has 0 bridgehead atoms. The number of carbonyl (C=O) groups is 1. The SMILES string of the molecule is COCCN(CCCc1ccccc1)C(=O)c1cccc(S(=O)(=O)NCC2CCCO2)c1. The number of benzene rings is 2. The highest BCUT2D eigenvalue weighted by molar-refractivity contribution is 7.89. The van der Waals surface area contributed by atoms with Crippen molar-refractivity contribution in [2.75, 3.05) is 40.0 Å². The van der Waals surface area contributed by atoms with E-state index in [0.29, 0.717) is 31.9 Å². The van der Waals surface area contributed by atoms with Gasteiger partial charge in [0.05, 0.1) is 17.6 Å². The predicted octanol–water partition coefficient (Wildman–Crippen LogP) is 2.87. The lowest BCUT2D eigenvalue weighted by Crippen LogP contribution is -2.35. The van der Waals surface area contributed by atoms with Gasteiger partial charge in [-0.2, -0.15) is 0 Å². The summed E-state index contributed by atoms with van der Waals surface area (Å²) in [5, 5.41) is 0. The van der Waals surface area contributed by atoms with E-state index in [4.69, 9.17) is 9.47 Å². The van der Waals surface area contributed by atoms with Crippen LogP contribution in [0.1, 0.15) is 35.2 Å². The van der Waals surface area contributed by atoms with Crippen LogP contribution in [0.5, 0.6) is 0 Å². The second-order valence-corrected chi connectivity index (χ2v) is 9.66. The normalized spacial score (nSPS) is 16.2. The first-order valence-electron chi connectivity index (χ1n) is 11.0. The number of hydrogen-bond donors (Lipinski definition) is 1. The molecule has 1 heterocycles. The van der Waals surface area contributed by atoms with Gasteiger partial charge in [-0.3, -0.25) is 4.79 Å². The Morgan fingerprint density at radius 1 is 1.16 bits per heavy atom. The minimum Gasteiger partial charge on any atom is -0.383 e. The summed E-state index contributed by atoms with van der Waals surface area (Å²) in [7, 11) is -2.13. The first-order valence-corrected chi connectivity index (χ1v) is 12.5. The number of amides is 1. The van der Waals surface area contributed by atoms with Gasteiger partial charge in [0.2, 0.25) is 10.0 Å². The van der Waals surface area contributed by atoms with Crippen LogP contribution in [0.25, 0.3) is 0 Å². The molecule has 2 aromatic carbocycles. The molecule has 174 valence electrons. The third-order valence-electron chi connectivity index (χ3n) is 5.51. The molecule has 1 fully saturated rings. The van der Waals surface area contributed by atoms with Crippen LogP contribution < -0.4 is 4.72 Å². The number of hydrogen-bond acceptors (Lipinski definition) is 5. The molecule has 3 rings (SSSR count). The summed E-state index contributed by atoms with van der Waals surface area (Å²) in [5.41, 5.74) is 1.57. The zero-order chi connectivity index (χ0) is 22.8. The minimum atomic E-state index is -3.72. The van der Waals surface area contributed by atoms with E-state index >= 15 is 0 Å². The van der Waals surface area contributed by atoms with Crippen molar-refractivity contribution < 1.29 is 22.7 Å². The molecule has 1 unspecified atom stereocenters. The van der Waals surface area contributed by atoms with Crippen LogP contribution in [0.3, 0.4) is 0 Å². The first-order chi connectivity index (χ1) is 15.5. The quantitative estimate of drug-likeness (QED) is 0.527. The number of sulfonamides is 1. The van der Waals surface area contributed by atoms with E-state index in [9.17, 15) is 13.2 Å². The van der Waals surface area contributed by atoms with Gasteiger partial charge in [-0.1, -0.05) is 36.4 Å². The highest BCUT2D eigenvalue weighted by Crippen LogP contribution is 2.16. The van der Waals surface area contributed by atoms with Crippen molar-refractivity contribution in [1.82, 2.24) is 9.62 Å². The molecule has 8 heteroatoms. The highest BCUT2D eigenvalue weighted by atomic mass is 32.2. The van der Waals surface area contributed by atoms with E-state index in [2.05, 4.69) is 16.9 Å². The van der Waals surface area contributed by atoms with E-state index in [-0.39, 0.29) is 23.5 Å². The van der Waals surface area contributed by atoms with Gasteiger partial charge in [0, 0.05) is 38.9 Å². The van der Waals surface area contributed by atoms with Crippen molar-refractivity contribution in [3.63, 3.8) is 0 Å². The van der Waals surface area contributed by atoms with Gasteiger partial charge in [0.15, 0.2) is 0 Å². The smallest absolute Gasteiger partial charge is 0.253 e. The van der Waals surface area contributed by atoms with Crippen LogP contribution in [-0.4, -0.2) is 65.3 Å². The van der Waals surface area contributed by atoms with Crippen LogP contribution in [0.4, 0.5) is 0 Å². The Kier molecular flexibility index (Phi) is 9.23. The van der Waals surface area contributed by atoms with Crippen molar-refractivity contribution in [1.29, 1.82) is 0 Å². The van der Waals surface area contributed by atoms with Crippen molar-refractivity contribution in [2.45, 2.75) is 36.7 Å². The van der Waals surface area contributed by atoms with E-state index in [1.165, 1.54) is 17.7 Å². The van der Waals surface area contributed by atoms with Crippen LogP contribution in [0, 0.1) is 0 Å². The average molecular weight is 461 g/mol. The highest BCUT2D eigenvalue weighted by Gasteiger charge is 2.22. The lowest BCUT2D eigenvalue weighted by molar-refractivity contribution is 0.0693. The molecule has 0 spiro atoms. The molecule has 1 aliphatic rings. The summed E-state index contributed by atoms with van der Waals surface area (Å²) >= 11 is 0. The number of aryl methyl sites for hydroxylation is 1. The Labute approximate surface area is 190 Å². The molecular formula is C24H32N2O5S. The summed E-state index contributed by atoms with van der Waals surface area (Å²) in [4.78, 5) is 15.0. The minimum absolute atomic E-state index is 0.0809. The van der Waals surface area contributed by atoms with Gasteiger partial charge in [-0.05, 0) is 49.4 Å². The fraction of sp³-hybridized carbons (Fsp3) is 0.458. The van der Waals surface area contributed by atoms with Gasteiger partial charge in [-0.15, -0.1) is 0 Å². The first kappa shape index (κ1) is 24.4. The van der Waals surface area contributed by atoms with Crippen molar-refractivity contribution in [2.24, 2.45) is 0 Å². The molecule has 0 aliphatic carbocycles. The van der Waals surface area contributed by atoms with Gasteiger partial charge >= 0.3 is 0 Å². The van der Waals surface area contributed by atoms with Crippen LogP contribution in [0.15, 0.2) is 59.5 Å². The van der Waals surface area contributed by atoms with Crippen molar-refractivity contribution in [3.05, 3.63) is 65.7 Å². The van der Waals surface area contributed by atoms with E-state index < -0.39 is 10.0 Å². The number of carbonyl (C=O) groups excluding carboxylic acids is 1. The van der Waals surface area contributed by atoms with E-state index in [1.807, 2.05) is 18.2 Å². The monoisotopic (exact) mass is 460 g/mol. The molecular weight excluding hydrogens is 428 g/mol. The molecule has 2 aromatic rings. The van der Waals surface area contributed by atoms with Crippen LogP contribution in [0.2, 0.25) is 0 Å². The third kappa shape index (κ3) is 7.13. The van der Waals surface area contributed by atoms with Crippen molar-refractivity contribution in [3.8, 4) is 0 Å². The number of nitrogens with zero attached hydrogens (tertiary/aromatic N) is 1. The Bertz CT molecular complexity index is 959. The fourth-order valence-electron chi connectivity index (χ4n) is 3.71. The Balaban J connectivity index is 1.65. The molecule has 0 aromatic heterocycles. The lowest BCUT2D eigenvalue weighted by Gasteiger charge is -2.23. The zero-order valence-electron chi connectivity index (χ0n) is 18.5. The molecule has 0 saturated carbocycles. The summed E-state index contributed by atoms with van der Waals surface area (Å²) in [6.45, 7) is 2.32. The molecule has 32 heavy (non-hydrogen) atoms. The molecule has 7 nitrogen and oxygen atoms in total.